The van der Waals surface area contributed by atoms with E-state index in [1.165, 1.54) is 37.6 Å². The Balaban J connectivity index is 1.66. The quantitative estimate of drug-likeness (QED) is 0.167. The zero-order chi connectivity index (χ0) is 28.9. The van der Waals surface area contributed by atoms with Crippen LogP contribution in [0.15, 0.2) is 83.2 Å². The van der Waals surface area contributed by atoms with Gasteiger partial charge in [0.1, 0.15) is 11.3 Å². The Bertz CT molecular complexity index is 1590. The van der Waals surface area contributed by atoms with E-state index in [2.05, 4.69) is 25.5 Å². The number of rotatable bonds is 8. The predicted molar refractivity (Wildman–Crippen MR) is 137 cm³/mol. The van der Waals surface area contributed by atoms with Gasteiger partial charge in [-0.3, -0.25) is 4.79 Å². The van der Waals surface area contributed by atoms with E-state index in [9.17, 15) is 33.0 Å². The maximum atomic E-state index is 12.9. The van der Waals surface area contributed by atoms with Crippen molar-refractivity contribution >= 4 is 34.9 Å². The van der Waals surface area contributed by atoms with Crippen LogP contribution in [-0.2, 0) is 22.1 Å². The number of azo groups is 1. The second-order valence-corrected chi connectivity index (χ2v) is 8.27. The number of carbonyl (C=O) groups is 2. The zero-order valence-corrected chi connectivity index (χ0v) is 20.7. The maximum Gasteiger partial charge on any atom is 0.416 e. The van der Waals surface area contributed by atoms with Gasteiger partial charge in [0.2, 0.25) is 5.95 Å². The van der Waals surface area contributed by atoms with Crippen molar-refractivity contribution in [1.29, 1.82) is 0 Å². The topological polar surface area (TPSA) is 146 Å². The van der Waals surface area contributed by atoms with E-state index in [1.807, 2.05) is 0 Å². The fourth-order valence-corrected chi connectivity index (χ4v) is 3.56. The van der Waals surface area contributed by atoms with Crippen LogP contribution in [-0.4, -0.2) is 39.2 Å². The molecule has 0 atom stereocenters. The van der Waals surface area contributed by atoms with Gasteiger partial charge < -0.3 is 20.3 Å². The number of anilines is 2. The molecule has 0 aliphatic carbocycles. The molecular weight excluding hydrogens is 531 g/mol. The lowest BCUT2D eigenvalue weighted by molar-refractivity contribution is -0.140. The molecule has 0 saturated heterocycles. The molecule has 204 valence electrons. The molecule has 0 fully saturated rings. The molecule has 4 aromatic rings. The van der Waals surface area contributed by atoms with Crippen LogP contribution in [0.25, 0.3) is 11.3 Å². The number of ether oxygens (including phenoxy) is 1. The van der Waals surface area contributed by atoms with Gasteiger partial charge >= 0.3 is 18.1 Å². The minimum absolute atomic E-state index is 0.0884. The number of nitrogens with one attached hydrogen (secondary N) is 1. The molecule has 1 aromatic heterocycles. The van der Waals surface area contributed by atoms with Crippen LogP contribution >= 0.6 is 0 Å². The maximum absolute atomic E-state index is 12.9. The van der Waals surface area contributed by atoms with Gasteiger partial charge in [-0.15, -0.1) is 0 Å². The van der Waals surface area contributed by atoms with Crippen molar-refractivity contribution in [3.8, 4) is 17.0 Å². The van der Waals surface area contributed by atoms with E-state index in [1.54, 1.807) is 24.3 Å². The van der Waals surface area contributed by atoms with Gasteiger partial charge in [0.05, 0.1) is 36.2 Å². The number of carboxylic acid groups (broad SMARTS) is 1. The van der Waals surface area contributed by atoms with Crippen LogP contribution in [0.3, 0.4) is 0 Å². The summed E-state index contributed by atoms with van der Waals surface area (Å²) in [4.78, 5) is 31.8. The SMILES string of the molecule is COC(=O)Cc1ccc(/N=N/c2ccc(O)c(C(=O)O)c2)cc1-c1ccnc(Nc2ccc(C(F)(F)F)cc2)n1. The van der Waals surface area contributed by atoms with Crippen molar-refractivity contribution in [3.05, 3.63) is 89.6 Å². The first kappa shape index (κ1) is 27.7. The summed E-state index contributed by atoms with van der Waals surface area (Å²) in [6.45, 7) is 0. The Hall–Kier alpha value is -5.33. The average Bonchev–Trinajstić information content (AvgIpc) is 2.93. The number of aromatic nitrogens is 2. The molecule has 0 bridgehead atoms. The largest absolute Gasteiger partial charge is 0.507 e. The van der Waals surface area contributed by atoms with Crippen LogP contribution in [0.5, 0.6) is 5.75 Å². The Morgan fingerprint density at radius 1 is 0.975 bits per heavy atom. The molecular formula is C27H20F3N5O5. The summed E-state index contributed by atoms with van der Waals surface area (Å²) in [6, 6.07) is 14.5. The monoisotopic (exact) mass is 551 g/mol. The molecule has 0 radical (unpaired) electrons. The molecule has 40 heavy (non-hydrogen) atoms. The molecule has 0 saturated carbocycles. The smallest absolute Gasteiger partial charge is 0.416 e. The number of halogens is 3. The van der Waals surface area contributed by atoms with Gasteiger partial charge in [0, 0.05) is 17.4 Å². The van der Waals surface area contributed by atoms with E-state index in [4.69, 9.17) is 4.74 Å². The summed E-state index contributed by atoms with van der Waals surface area (Å²) >= 11 is 0. The molecule has 0 aliphatic heterocycles. The highest BCUT2D eigenvalue weighted by Gasteiger charge is 2.30. The number of methoxy groups -OCH3 is 1. The van der Waals surface area contributed by atoms with Crippen molar-refractivity contribution in [2.75, 3.05) is 12.4 Å². The van der Waals surface area contributed by atoms with E-state index in [0.29, 0.717) is 28.2 Å². The molecule has 0 unspecified atom stereocenters. The van der Waals surface area contributed by atoms with Crippen molar-refractivity contribution in [2.45, 2.75) is 12.6 Å². The molecule has 10 nitrogen and oxygen atoms in total. The number of alkyl halides is 3. The molecule has 3 aromatic carbocycles. The third-order valence-corrected chi connectivity index (χ3v) is 5.55. The van der Waals surface area contributed by atoms with Crippen LogP contribution in [0, 0.1) is 0 Å². The number of nitrogens with zero attached hydrogens (tertiary/aromatic N) is 4. The third kappa shape index (κ3) is 6.75. The average molecular weight is 551 g/mol. The standard InChI is InChI=1S/C27H20F3N5O5/c1-40-24(37)12-15-2-5-18(34-35-19-8-9-23(36)21(14-19)25(38)39)13-20(15)22-10-11-31-26(33-22)32-17-6-3-16(4-7-17)27(28,29)30/h2-11,13-14,36H,12H2,1H3,(H,38,39)(H,31,32,33)/b35-34+. The van der Waals surface area contributed by atoms with Crippen molar-refractivity contribution < 1.29 is 37.7 Å². The first-order valence-corrected chi connectivity index (χ1v) is 11.5. The normalized spacial score (nSPS) is 11.4. The highest BCUT2D eigenvalue weighted by Crippen LogP contribution is 2.32. The van der Waals surface area contributed by atoms with E-state index >= 15 is 0 Å². The molecule has 4 rings (SSSR count). The first-order chi connectivity index (χ1) is 19.0. The fourth-order valence-electron chi connectivity index (χ4n) is 3.56. The number of phenols is 1. The molecule has 0 aliphatic rings. The number of hydrogen-bond acceptors (Lipinski definition) is 9. The Labute approximate surface area is 224 Å². The van der Waals surface area contributed by atoms with Crippen molar-refractivity contribution in [1.82, 2.24) is 9.97 Å². The van der Waals surface area contributed by atoms with Gasteiger partial charge in [0.25, 0.3) is 0 Å². The predicted octanol–water partition coefficient (Wildman–Crippen LogP) is 6.44. The minimum atomic E-state index is -4.46. The third-order valence-electron chi connectivity index (χ3n) is 5.55. The number of carboxylic acids is 1. The van der Waals surface area contributed by atoms with E-state index in [-0.39, 0.29) is 23.6 Å². The first-order valence-electron chi connectivity index (χ1n) is 11.5. The number of hydrogen-bond donors (Lipinski definition) is 3. The lowest BCUT2D eigenvalue weighted by Crippen LogP contribution is -2.06. The summed E-state index contributed by atoms with van der Waals surface area (Å²) in [7, 11) is 1.25. The molecule has 3 N–H and O–H groups in total. The number of aromatic carboxylic acids is 1. The molecule has 0 spiro atoms. The van der Waals surface area contributed by atoms with Crippen LogP contribution in [0.2, 0.25) is 0 Å². The Morgan fingerprint density at radius 2 is 1.65 bits per heavy atom. The number of benzene rings is 3. The molecule has 1 heterocycles. The van der Waals surface area contributed by atoms with Gasteiger partial charge in [-0.25, -0.2) is 14.8 Å². The number of carbonyl (C=O) groups excluding carboxylic acids is 1. The van der Waals surface area contributed by atoms with Crippen molar-refractivity contribution in [2.24, 2.45) is 10.2 Å². The van der Waals surface area contributed by atoms with E-state index in [0.717, 1.165) is 18.2 Å². The molecule has 0 amide bonds. The highest BCUT2D eigenvalue weighted by molar-refractivity contribution is 5.91. The fraction of sp³-hybridized carbons (Fsp3) is 0.111. The second-order valence-electron chi connectivity index (χ2n) is 8.27. The number of aromatic hydroxyl groups is 1. The Morgan fingerprint density at radius 3 is 2.30 bits per heavy atom. The summed E-state index contributed by atoms with van der Waals surface area (Å²) in [5.41, 5.74) is 1.12. The van der Waals surface area contributed by atoms with Gasteiger partial charge in [-0.2, -0.15) is 23.4 Å². The zero-order valence-electron chi connectivity index (χ0n) is 20.7. The summed E-state index contributed by atoms with van der Waals surface area (Å²) < 4.78 is 43.4. The summed E-state index contributed by atoms with van der Waals surface area (Å²) in [6.07, 6.45) is -3.11. The summed E-state index contributed by atoms with van der Waals surface area (Å²) in [5.74, 6) is -2.14. The lowest BCUT2D eigenvalue weighted by atomic mass is 10.0. The number of esters is 1. The Kier molecular flexibility index (Phi) is 8.03. The van der Waals surface area contributed by atoms with E-state index < -0.39 is 29.4 Å². The summed E-state index contributed by atoms with van der Waals surface area (Å²) in [5, 5.41) is 29.9. The van der Waals surface area contributed by atoms with Crippen LogP contribution in [0.1, 0.15) is 21.5 Å². The van der Waals surface area contributed by atoms with Gasteiger partial charge in [-0.1, -0.05) is 6.07 Å². The second kappa shape index (κ2) is 11.6. The van der Waals surface area contributed by atoms with Crippen LogP contribution < -0.4 is 5.32 Å². The molecule has 13 heteroatoms. The van der Waals surface area contributed by atoms with Gasteiger partial charge in [0.15, 0.2) is 0 Å². The van der Waals surface area contributed by atoms with Crippen LogP contribution in [0.4, 0.5) is 36.2 Å². The highest BCUT2D eigenvalue weighted by atomic mass is 19.4. The minimum Gasteiger partial charge on any atom is -0.507 e. The van der Waals surface area contributed by atoms with Crippen molar-refractivity contribution in [3.63, 3.8) is 0 Å². The lowest BCUT2D eigenvalue weighted by Gasteiger charge is -2.12. The van der Waals surface area contributed by atoms with Gasteiger partial charge in [-0.05, 0) is 66.2 Å².